The molecular formula is C25H31N3O7. The molecule has 0 aromatic heterocycles. The molecular weight excluding hydrogens is 454 g/mol. The quantitative estimate of drug-likeness (QED) is 0.381. The van der Waals surface area contributed by atoms with Gasteiger partial charge in [0.05, 0.1) is 11.6 Å². The number of fused-ring (bicyclic) bond motifs is 3. The average Bonchev–Trinajstić information content (AvgIpc) is 2.75. The van der Waals surface area contributed by atoms with Crippen LogP contribution in [0.3, 0.4) is 0 Å². The number of carbonyl (C=O) groups excluding carboxylic acids is 3. The zero-order valence-electron chi connectivity index (χ0n) is 20.4. The van der Waals surface area contributed by atoms with Gasteiger partial charge < -0.3 is 31.1 Å². The van der Waals surface area contributed by atoms with Gasteiger partial charge in [-0.05, 0) is 51.4 Å². The van der Waals surface area contributed by atoms with Gasteiger partial charge in [0.1, 0.15) is 22.8 Å². The van der Waals surface area contributed by atoms with E-state index < -0.39 is 57.9 Å². The number of aliphatic hydroxyl groups is 3. The van der Waals surface area contributed by atoms with Gasteiger partial charge in [-0.1, -0.05) is 0 Å². The number of carbonyl (C=O) groups is 3. The van der Waals surface area contributed by atoms with Crippen LogP contribution in [0.15, 0.2) is 23.0 Å². The average molecular weight is 486 g/mol. The van der Waals surface area contributed by atoms with E-state index in [9.17, 15) is 34.8 Å². The minimum Gasteiger partial charge on any atom is -0.508 e. The third-order valence-corrected chi connectivity index (χ3v) is 7.58. The molecule has 188 valence electrons. The van der Waals surface area contributed by atoms with Gasteiger partial charge in [0, 0.05) is 43.4 Å². The normalized spacial score (nSPS) is 28.2. The number of aliphatic hydroxyl groups excluding tert-OH is 2. The van der Waals surface area contributed by atoms with Crippen molar-refractivity contribution >= 4 is 28.8 Å². The Kier molecular flexibility index (Phi) is 5.82. The maximum atomic E-state index is 13.9. The van der Waals surface area contributed by atoms with Crippen LogP contribution in [0.2, 0.25) is 0 Å². The van der Waals surface area contributed by atoms with Crippen molar-refractivity contribution in [3.63, 3.8) is 0 Å². The number of benzene rings is 1. The van der Waals surface area contributed by atoms with Crippen molar-refractivity contribution in [3.8, 4) is 5.75 Å². The van der Waals surface area contributed by atoms with Crippen molar-refractivity contribution in [1.29, 1.82) is 0 Å². The molecule has 0 aliphatic heterocycles. The number of phenols is 1. The molecule has 10 heteroatoms. The Labute approximate surface area is 202 Å². The van der Waals surface area contributed by atoms with Crippen LogP contribution in [0.25, 0.3) is 5.76 Å². The van der Waals surface area contributed by atoms with E-state index in [1.807, 2.05) is 19.0 Å². The molecule has 0 bridgehead atoms. The highest BCUT2D eigenvalue weighted by atomic mass is 16.3. The summed E-state index contributed by atoms with van der Waals surface area (Å²) in [6, 6.07) is 0.693. The van der Waals surface area contributed by atoms with Crippen LogP contribution in [0.4, 0.5) is 5.69 Å². The monoisotopic (exact) mass is 485 g/mol. The molecule has 1 aromatic rings. The lowest BCUT2D eigenvalue weighted by Crippen LogP contribution is -2.65. The van der Waals surface area contributed by atoms with Crippen molar-refractivity contribution < 1.29 is 34.8 Å². The van der Waals surface area contributed by atoms with Gasteiger partial charge in [-0.15, -0.1) is 0 Å². The van der Waals surface area contributed by atoms with Crippen molar-refractivity contribution in [2.24, 2.45) is 17.6 Å². The summed E-state index contributed by atoms with van der Waals surface area (Å²) in [6.45, 7) is 1.07. The fourth-order valence-electron chi connectivity index (χ4n) is 6.00. The Balaban J connectivity index is 2.01. The lowest BCUT2D eigenvalue weighted by atomic mass is 9.57. The zero-order chi connectivity index (χ0) is 26.1. The molecule has 1 aromatic carbocycles. The van der Waals surface area contributed by atoms with Gasteiger partial charge in [0.25, 0.3) is 0 Å². The number of Topliss-reactive ketones (excluding diaryl/α,β-unsaturated/α-hetero) is 3. The van der Waals surface area contributed by atoms with E-state index in [2.05, 4.69) is 0 Å². The summed E-state index contributed by atoms with van der Waals surface area (Å²) < 4.78 is 0. The summed E-state index contributed by atoms with van der Waals surface area (Å²) in [4.78, 5) is 42.6. The Hall–Kier alpha value is -3.21. The maximum Gasteiger partial charge on any atom is 0.202 e. The second kappa shape index (κ2) is 8.18. The van der Waals surface area contributed by atoms with E-state index in [-0.39, 0.29) is 36.3 Å². The minimum absolute atomic E-state index is 0.00984. The third kappa shape index (κ3) is 3.24. The number of nitrogens with zero attached hydrogens (tertiary/aromatic N) is 2. The molecule has 0 radical (unpaired) electrons. The van der Waals surface area contributed by atoms with Crippen LogP contribution in [0, 0.1) is 11.8 Å². The molecule has 3 aliphatic carbocycles. The molecule has 4 atom stereocenters. The van der Waals surface area contributed by atoms with Crippen molar-refractivity contribution in [2.45, 2.75) is 38.0 Å². The smallest absolute Gasteiger partial charge is 0.202 e. The van der Waals surface area contributed by atoms with Crippen LogP contribution < -0.4 is 10.6 Å². The number of anilines is 1. The first-order valence-electron chi connectivity index (χ1n) is 11.4. The molecule has 6 N–H and O–H groups in total. The first kappa shape index (κ1) is 24.9. The van der Waals surface area contributed by atoms with E-state index in [1.54, 1.807) is 20.2 Å². The number of nitrogens with two attached hydrogens (primary N) is 1. The fourth-order valence-corrected chi connectivity index (χ4v) is 6.00. The van der Waals surface area contributed by atoms with Crippen molar-refractivity contribution in [1.82, 2.24) is 4.90 Å². The number of hydrogen-bond acceptors (Lipinski definition) is 10. The molecule has 0 unspecified atom stereocenters. The predicted octanol–water partition coefficient (Wildman–Crippen LogP) is 0.592. The van der Waals surface area contributed by atoms with Gasteiger partial charge >= 0.3 is 0 Å². The highest BCUT2D eigenvalue weighted by molar-refractivity contribution is 6.25. The highest BCUT2D eigenvalue weighted by Gasteiger charge is 2.64. The van der Waals surface area contributed by atoms with Crippen LogP contribution >= 0.6 is 0 Å². The van der Waals surface area contributed by atoms with Gasteiger partial charge in [-0.3, -0.25) is 19.3 Å². The maximum absolute atomic E-state index is 13.9. The third-order valence-electron chi connectivity index (χ3n) is 7.58. The minimum atomic E-state index is -2.58. The molecule has 1 saturated carbocycles. The van der Waals surface area contributed by atoms with Gasteiger partial charge in [-0.2, -0.15) is 0 Å². The number of ketones is 3. The molecule has 3 aliphatic rings. The summed E-state index contributed by atoms with van der Waals surface area (Å²) in [7, 11) is 6.82. The van der Waals surface area contributed by atoms with E-state index in [0.717, 1.165) is 6.92 Å². The number of rotatable bonds is 4. The summed E-state index contributed by atoms with van der Waals surface area (Å²) in [5, 5.41) is 44.8. The SMILES string of the molecule is CC(=O)C1=C(O)[C@@]2(O)C(=O)C3=C(O)c4c(O)c(CN)cc(N(C)C)c4C[C@H]3C[C@H]2[C@H](N(C)C)C1=O. The van der Waals surface area contributed by atoms with Crippen LogP contribution in [0.5, 0.6) is 5.75 Å². The van der Waals surface area contributed by atoms with Gasteiger partial charge in [-0.25, -0.2) is 0 Å². The van der Waals surface area contributed by atoms with Crippen molar-refractivity contribution in [3.05, 3.63) is 39.7 Å². The Morgan fingerprint density at radius 2 is 1.80 bits per heavy atom. The van der Waals surface area contributed by atoms with Crippen LogP contribution in [0.1, 0.15) is 30.0 Å². The molecule has 0 saturated heterocycles. The zero-order valence-corrected chi connectivity index (χ0v) is 20.4. The van der Waals surface area contributed by atoms with E-state index >= 15 is 0 Å². The number of likely N-dealkylation sites (N-methyl/N-ethyl adjacent to an activating group) is 1. The van der Waals surface area contributed by atoms with Crippen LogP contribution in [-0.2, 0) is 27.3 Å². The highest BCUT2D eigenvalue weighted by Crippen LogP contribution is 2.54. The van der Waals surface area contributed by atoms with Gasteiger partial charge in [0.2, 0.25) is 5.78 Å². The summed E-state index contributed by atoms with van der Waals surface area (Å²) in [5.41, 5.74) is 4.21. The topological polar surface area (TPSA) is 165 Å². The van der Waals surface area contributed by atoms with Crippen LogP contribution in [-0.4, -0.2) is 82.5 Å². The summed E-state index contributed by atoms with van der Waals surface area (Å²) in [6.07, 6.45) is 0.328. The molecule has 0 spiro atoms. The number of aromatic hydroxyl groups is 1. The molecule has 0 heterocycles. The fraction of sp³-hybridized carbons (Fsp3) is 0.480. The number of hydrogen-bond donors (Lipinski definition) is 5. The molecule has 4 rings (SSSR count). The van der Waals surface area contributed by atoms with E-state index in [0.29, 0.717) is 16.8 Å². The second-order valence-corrected chi connectivity index (χ2v) is 10.0. The molecule has 0 amide bonds. The number of phenolic OH excluding ortho intramolecular Hbond substituents is 1. The van der Waals surface area contributed by atoms with Gasteiger partial charge in [0.15, 0.2) is 17.2 Å². The Morgan fingerprint density at radius 3 is 2.31 bits per heavy atom. The van der Waals surface area contributed by atoms with Crippen molar-refractivity contribution in [2.75, 3.05) is 33.1 Å². The van der Waals surface area contributed by atoms with E-state index in [1.165, 1.54) is 4.90 Å². The second-order valence-electron chi connectivity index (χ2n) is 10.0. The molecule has 10 nitrogen and oxygen atoms in total. The lowest BCUT2D eigenvalue weighted by Gasteiger charge is -2.50. The van der Waals surface area contributed by atoms with E-state index in [4.69, 9.17) is 5.73 Å². The Morgan fingerprint density at radius 1 is 1.17 bits per heavy atom. The molecule has 35 heavy (non-hydrogen) atoms. The predicted molar refractivity (Wildman–Crippen MR) is 128 cm³/mol. The lowest BCUT2D eigenvalue weighted by molar-refractivity contribution is -0.153. The largest absolute Gasteiger partial charge is 0.508 e. The summed E-state index contributed by atoms with van der Waals surface area (Å²) in [5.74, 6) is -5.80. The summed E-state index contributed by atoms with van der Waals surface area (Å²) >= 11 is 0. The first-order chi connectivity index (χ1) is 16.3. The standard InChI is InChI=1S/C25H31N3O7/c1-10(29)16-22(32)19(28(4)5)14-7-11-6-13-15(27(2)3)8-12(9-26)20(30)18(13)21(31)17(11)24(34)25(14,35)23(16)33/h8,11,14,19,30-31,33,35H,6-7,9,26H2,1-5H3/t11-,14-,19-,25+/m0/s1. The molecule has 1 fully saturated rings. The Bertz CT molecular complexity index is 1230. The first-order valence-corrected chi connectivity index (χ1v) is 11.4.